The van der Waals surface area contributed by atoms with Gasteiger partial charge in [-0.2, -0.15) is 0 Å². The van der Waals surface area contributed by atoms with Crippen LogP contribution in [0.3, 0.4) is 0 Å². The van der Waals surface area contributed by atoms with Crippen molar-refractivity contribution in [1.82, 2.24) is 29.9 Å². The monoisotopic (exact) mass is 960 g/mol. The summed E-state index contributed by atoms with van der Waals surface area (Å²) in [6.45, 7) is 4.13. The van der Waals surface area contributed by atoms with Gasteiger partial charge in [0.2, 0.25) is 13.6 Å². The summed E-state index contributed by atoms with van der Waals surface area (Å²) in [5, 5.41) is 8.30. The first-order chi connectivity index (χ1) is 36.4. The lowest BCUT2D eigenvalue weighted by Gasteiger charge is -2.21. The number of benzene rings is 7. The second-order valence-corrected chi connectivity index (χ2v) is 19.6. The van der Waals surface area contributed by atoms with Crippen molar-refractivity contribution in [2.75, 3.05) is 13.6 Å². The van der Waals surface area contributed by atoms with Gasteiger partial charge in [-0.05, 0) is 134 Å². The van der Waals surface area contributed by atoms with Gasteiger partial charge >= 0.3 is 0 Å². The Balaban J connectivity index is 0.710. The van der Waals surface area contributed by atoms with Gasteiger partial charge < -0.3 is 18.9 Å². The molecule has 6 heterocycles. The molecule has 6 aromatic heterocycles. The Morgan fingerprint density at radius 2 is 0.554 bits per heavy atom. The van der Waals surface area contributed by atoms with Crippen molar-refractivity contribution in [3.8, 4) is 45.8 Å². The second-order valence-electron chi connectivity index (χ2n) is 19.6. The first-order valence-electron chi connectivity index (χ1n) is 25.2. The number of rotatable bonds is 8. The second kappa shape index (κ2) is 16.6. The molecule has 74 heavy (non-hydrogen) atoms. The van der Waals surface area contributed by atoms with E-state index in [2.05, 4.69) is 123 Å². The van der Waals surface area contributed by atoms with Crippen LogP contribution in [0, 0.1) is 13.8 Å². The summed E-state index contributed by atoms with van der Waals surface area (Å²) in [5.74, 6) is 2.50. The Morgan fingerprint density at radius 3 is 0.946 bits per heavy atom. The van der Waals surface area contributed by atoms with Crippen molar-refractivity contribution in [1.29, 1.82) is 0 Å². The Kier molecular flexibility index (Phi) is 9.54. The quantitative estimate of drug-likeness (QED) is 0.0828. The fourth-order valence-corrected chi connectivity index (χ4v) is 11.3. The van der Waals surface area contributed by atoms with E-state index in [1.54, 1.807) is 0 Å². The number of hydrogen-bond donors (Lipinski definition) is 0. The third kappa shape index (κ3) is 6.93. The highest BCUT2D eigenvalue weighted by atomic mass is 16.7. The van der Waals surface area contributed by atoms with E-state index in [9.17, 15) is 0 Å². The topological polar surface area (TPSA) is 114 Å². The van der Waals surface area contributed by atoms with Crippen LogP contribution in [0.5, 0.6) is 23.0 Å². The summed E-state index contributed by atoms with van der Waals surface area (Å²) in [7, 11) is 0. The number of ether oxygens (including phenoxy) is 4. The first kappa shape index (κ1) is 42.4. The molecule has 15 rings (SSSR count). The number of aryl methyl sites for hydroxylation is 6. The number of para-hydroxylation sites is 6. The van der Waals surface area contributed by atoms with E-state index in [0.717, 1.165) is 158 Å². The van der Waals surface area contributed by atoms with Crippen LogP contribution in [-0.2, 0) is 25.7 Å². The molecule has 0 unspecified atom stereocenters. The van der Waals surface area contributed by atoms with Gasteiger partial charge in [-0.3, -0.25) is 0 Å². The van der Waals surface area contributed by atoms with Crippen LogP contribution in [0.25, 0.3) is 110 Å². The van der Waals surface area contributed by atoms with Gasteiger partial charge in [0.05, 0.1) is 44.8 Å². The molecule has 354 valence electrons. The average molecular weight is 961 g/mol. The highest BCUT2D eigenvalue weighted by molar-refractivity contribution is 6.10. The molecule has 0 aliphatic heterocycles. The predicted octanol–water partition coefficient (Wildman–Crippen LogP) is 14.3. The molecule has 0 radical (unpaired) electrons. The first-order valence-corrected chi connectivity index (χ1v) is 25.2. The van der Waals surface area contributed by atoms with Crippen LogP contribution >= 0.6 is 0 Å². The summed E-state index contributed by atoms with van der Waals surface area (Å²) in [4.78, 5) is 31.4. The lowest BCUT2D eigenvalue weighted by molar-refractivity contribution is 0.122. The van der Waals surface area contributed by atoms with Crippen molar-refractivity contribution in [2.24, 2.45) is 0 Å². The largest absolute Gasteiger partial charge is 0.455 e. The maximum Gasteiger partial charge on any atom is 0.231 e. The molecule has 0 atom stereocenters. The molecule has 0 fully saturated rings. The summed E-state index contributed by atoms with van der Waals surface area (Å²) in [5.41, 5.74) is 17.2. The number of pyridine rings is 6. The van der Waals surface area contributed by atoms with Gasteiger partial charge in [0.25, 0.3) is 0 Å². The molecule has 10 nitrogen and oxygen atoms in total. The molecule has 0 amide bonds. The minimum atomic E-state index is -0.0457. The molecule has 0 saturated heterocycles. The Hall–Kier alpha value is -9.28. The molecule has 0 N–H and O–H groups in total. The minimum Gasteiger partial charge on any atom is -0.455 e. The van der Waals surface area contributed by atoms with E-state index >= 15 is 0 Å². The van der Waals surface area contributed by atoms with Crippen molar-refractivity contribution in [3.05, 3.63) is 191 Å². The lowest BCUT2D eigenvalue weighted by Crippen LogP contribution is -2.11. The third-order valence-corrected chi connectivity index (χ3v) is 15.0. The normalized spacial score (nSPS) is 12.9. The SMILES string of the molecule is Cc1cccc2cc3c(nc12)-c1nc2c(OCOc4cccc5cc6c(nc45)-c4nc5c(OCOc7cccc8cc9ccc%10cc%11cccc(C)c%11nc%10c9nc78)cccc5cc4CC6)cccc2cc1CC3. The van der Waals surface area contributed by atoms with Crippen LogP contribution in [0.4, 0.5) is 0 Å². The van der Waals surface area contributed by atoms with Crippen LogP contribution < -0.4 is 18.9 Å². The lowest BCUT2D eigenvalue weighted by atomic mass is 9.90. The zero-order valence-corrected chi connectivity index (χ0v) is 40.6. The summed E-state index contributed by atoms with van der Waals surface area (Å²) >= 11 is 0. The molecule has 2 aliphatic rings. The Labute approximate surface area is 424 Å². The maximum atomic E-state index is 6.45. The molecule has 0 saturated carbocycles. The average Bonchev–Trinajstić information content (AvgIpc) is 3.43. The molecule has 13 aromatic rings. The van der Waals surface area contributed by atoms with Gasteiger partial charge in [0, 0.05) is 43.1 Å². The van der Waals surface area contributed by atoms with Gasteiger partial charge in [-0.15, -0.1) is 0 Å². The predicted molar refractivity (Wildman–Crippen MR) is 294 cm³/mol. The van der Waals surface area contributed by atoms with E-state index in [4.69, 9.17) is 48.9 Å². The third-order valence-electron chi connectivity index (χ3n) is 15.0. The van der Waals surface area contributed by atoms with Crippen LogP contribution in [0.1, 0.15) is 33.4 Å². The maximum absolute atomic E-state index is 6.45. The Morgan fingerprint density at radius 1 is 0.284 bits per heavy atom. The smallest absolute Gasteiger partial charge is 0.231 e. The zero-order chi connectivity index (χ0) is 49.0. The number of aromatic nitrogens is 6. The van der Waals surface area contributed by atoms with Gasteiger partial charge in [-0.25, -0.2) is 29.9 Å². The summed E-state index contributed by atoms with van der Waals surface area (Å²) in [6.07, 6.45) is 3.54. The van der Waals surface area contributed by atoms with Gasteiger partial charge in [-0.1, -0.05) is 97.1 Å². The van der Waals surface area contributed by atoms with Gasteiger partial charge in [0.15, 0.2) is 0 Å². The Bertz CT molecular complexity index is 4560. The standard InChI is InChI=1S/C64H44N6O4/c1-35-9-3-11-37-27-43-21-23-45-29-39-13-5-17-49(55(39)67-61(45)59(43)65-53(35)37)71-33-73-51-19-7-15-41-31-47-25-26-48-32-42-16-8-20-52(58(42)70-64(48)63(47)69-57(41)51)74-34-72-50-18-6-14-40-30-46-24-22-44-28-38-12-4-10-36(2)54(38)66-60(44)62(46)68-56(40)50/h3-21,23,27-32H,22,24-26,33-34H2,1-2H3. The molecular weight excluding hydrogens is 917 g/mol. The molecular formula is C64H44N6O4. The molecule has 2 aliphatic carbocycles. The van der Waals surface area contributed by atoms with E-state index in [1.807, 2.05) is 48.5 Å². The van der Waals surface area contributed by atoms with E-state index in [1.165, 1.54) is 11.1 Å². The molecule has 7 aromatic carbocycles. The van der Waals surface area contributed by atoms with Crippen LogP contribution in [0.15, 0.2) is 158 Å². The zero-order valence-electron chi connectivity index (χ0n) is 40.6. The van der Waals surface area contributed by atoms with E-state index in [-0.39, 0.29) is 13.6 Å². The highest BCUT2D eigenvalue weighted by Gasteiger charge is 2.25. The molecule has 0 spiro atoms. The summed E-state index contributed by atoms with van der Waals surface area (Å²) < 4.78 is 25.7. The minimum absolute atomic E-state index is 0.0344. The molecule has 0 bridgehead atoms. The highest BCUT2D eigenvalue weighted by Crippen LogP contribution is 2.40. The van der Waals surface area contributed by atoms with Crippen molar-refractivity contribution in [2.45, 2.75) is 39.5 Å². The number of nitrogens with zero attached hydrogens (tertiary/aromatic N) is 6. The van der Waals surface area contributed by atoms with E-state index in [0.29, 0.717) is 23.0 Å². The van der Waals surface area contributed by atoms with E-state index < -0.39 is 0 Å². The van der Waals surface area contributed by atoms with Gasteiger partial charge in [0.1, 0.15) is 45.1 Å². The van der Waals surface area contributed by atoms with Crippen LogP contribution in [0.2, 0.25) is 0 Å². The van der Waals surface area contributed by atoms with Crippen molar-refractivity contribution >= 4 is 87.2 Å². The fourth-order valence-electron chi connectivity index (χ4n) is 11.3. The van der Waals surface area contributed by atoms with Crippen molar-refractivity contribution < 1.29 is 18.9 Å². The van der Waals surface area contributed by atoms with Crippen molar-refractivity contribution in [3.63, 3.8) is 0 Å². The van der Waals surface area contributed by atoms with Crippen LogP contribution in [-0.4, -0.2) is 43.5 Å². The fraction of sp³-hybridized carbons (Fsp3) is 0.125. The summed E-state index contributed by atoms with van der Waals surface area (Å²) in [6, 6.07) is 54.2. The number of hydrogen-bond acceptors (Lipinski definition) is 10. The number of fused-ring (bicyclic) bond motifs is 15. The molecule has 10 heteroatoms.